The van der Waals surface area contributed by atoms with Crippen molar-refractivity contribution in [1.29, 1.82) is 0 Å². The van der Waals surface area contributed by atoms with E-state index >= 15 is 0 Å². The van der Waals surface area contributed by atoms with Crippen molar-refractivity contribution in [2.24, 2.45) is 0 Å². The van der Waals surface area contributed by atoms with Crippen LogP contribution in [0.2, 0.25) is 0 Å². The first kappa shape index (κ1) is 15.7. The van der Waals surface area contributed by atoms with Crippen molar-refractivity contribution in [2.75, 3.05) is 11.5 Å². The van der Waals surface area contributed by atoms with Crippen molar-refractivity contribution in [3.05, 3.63) is 48.0 Å². The van der Waals surface area contributed by atoms with Crippen LogP contribution in [0.15, 0.2) is 47.4 Å². The van der Waals surface area contributed by atoms with E-state index < -0.39 is 10.0 Å². The second kappa shape index (κ2) is 5.45. The van der Waals surface area contributed by atoms with Gasteiger partial charge in [-0.05, 0) is 35.2 Å². The van der Waals surface area contributed by atoms with Gasteiger partial charge in [0.15, 0.2) is 11.5 Å². The zero-order valence-corrected chi connectivity index (χ0v) is 14.1. The molecule has 2 aromatic carbocycles. The standard InChI is InChI=1S/C17H19NO4S/c1-17(2,3)12-4-7-14(8-5-12)23(19,20)18-13-6-9-15-16(10-13)22-11-21-15/h4-10,18H,11H2,1-3H3. The summed E-state index contributed by atoms with van der Waals surface area (Å²) >= 11 is 0. The highest BCUT2D eigenvalue weighted by Gasteiger charge is 2.19. The van der Waals surface area contributed by atoms with Gasteiger partial charge in [0.25, 0.3) is 10.0 Å². The van der Waals surface area contributed by atoms with Crippen molar-refractivity contribution < 1.29 is 17.9 Å². The Morgan fingerprint density at radius 2 is 1.61 bits per heavy atom. The van der Waals surface area contributed by atoms with E-state index in [4.69, 9.17) is 9.47 Å². The summed E-state index contributed by atoms with van der Waals surface area (Å²) < 4.78 is 38.0. The highest BCUT2D eigenvalue weighted by Crippen LogP contribution is 2.35. The van der Waals surface area contributed by atoms with Gasteiger partial charge in [0.1, 0.15) is 0 Å². The van der Waals surface area contributed by atoms with Gasteiger partial charge in [-0.25, -0.2) is 8.42 Å². The van der Waals surface area contributed by atoms with Gasteiger partial charge in [-0.3, -0.25) is 4.72 Å². The molecule has 0 unspecified atom stereocenters. The number of nitrogens with one attached hydrogen (secondary N) is 1. The summed E-state index contributed by atoms with van der Waals surface area (Å²) in [6.07, 6.45) is 0. The Hall–Kier alpha value is -2.21. The molecule has 1 N–H and O–H groups in total. The van der Waals surface area contributed by atoms with Crippen LogP contribution in [0.25, 0.3) is 0 Å². The lowest BCUT2D eigenvalue weighted by atomic mass is 9.87. The van der Waals surface area contributed by atoms with E-state index in [1.807, 2.05) is 12.1 Å². The highest BCUT2D eigenvalue weighted by atomic mass is 32.2. The number of ether oxygens (including phenoxy) is 2. The van der Waals surface area contributed by atoms with Crippen molar-refractivity contribution in [3.8, 4) is 11.5 Å². The molecule has 0 amide bonds. The minimum Gasteiger partial charge on any atom is -0.454 e. The Kier molecular flexibility index (Phi) is 3.72. The van der Waals surface area contributed by atoms with Crippen LogP contribution in [0.4, 0.5) is 5.69 Å². The quantitative estimate of drug-likeness (QED) is 0.933. The van der Waals surface area contributed by atoms with E-state index in [2.05, 4.69) is 25.5 Å². The van der Waals surface area contributed by atoms with Crippen LogP contribution >= 0.6 is 0 Å². The smallest absolute Gasteiger partial charge is 0.261 e. The number of rotatable bonds is 3. The van der Waals surface area contributed by atoms with E-state index in [1.54, 1.807) is 30.3 Å². The molecule has 0 atom stereocenters. The molecule has 1 aliphatic heterocycles. The molecule has 0 bridgehead atoms. The van der Waals surface area contributed by atoms with E-state index in [-0.39, 0.29) is 17.1 Å². The fourth-order valence-corrected chi connectivity index (χ4v) is 3.36. The van der Waals surface area contributed by atoms with Crippen LogP contribution in [0.1, 0.15) is 26.3 Å². The normalized spacial score (nSPS) is 13.9. The fraction of sp³-hybridized carbons (Fsp3) is 0.294. The predicted octanol–water partition coefficient (Wildman–Crippen LogP) is 3.51. The summed E-state index contributed by atoms with van der Waals surface area (Å²) in [5.74, 6) is 1.15. The number of sulfonamides is 1. The molecule has 122 valence electrons. The lowest BCUT2D eigenvalue weighted by Crippen LogP contribution is -2.14. The maximum Gasteiger partial charge on any atom is 0.261 e. The molecule has 0 radical (unpaired) electrons. The molecule has 6 heteroatoms. The summed E-state index contributed by atoms with van der Waals surface area (Å²) in [5.41, 5.74) is 1.50. The molecule has 1 aliphatic rings. The number of hydrogen-bond acceptors (Lipinski definition) is 4. The summed E-state index contributed by atoms with van der Waals surface area (Å²) in [7, 11) is -3.64. The molecule has 2 aromatic rings. The second-order valence-corrected chi connectivity index (χ2v) is 8.13. The Balaban J connectivity index is 1.84. The molecule has 23 heavy (non-hydrogen) atoms. The van der Waals surface area contributed by atoms with Crippen molar-refractivity contribution in [2.45, 2.75) is 31.1 Å². The van der Waals surface area contributed by atoms with Gasteiger partial charge in [-0.1, -0.05) is 32.9 Å². The zero-order chi connectivity index (χ0) is 16.7. The van der Waals surface area contributed by atoms with Gasteiger partial charge in [-0.15, -0.1) is 0 Å². The minimum atomic E-state index is -3.64. The first-order chi connectivity index (χ1) is 10.8. The SMILES string of the molecule is CC(C)(C)c1ccc(S(=O)(=O)Nc2ccc3c(c2)OCO3)cc1. The molecule has 5 nitrogen and oxygen atoms in total. The van der Waals surface area contributed by atoms with Gasteiger partial charge in [0.05, 0.1) is 10.6 Å². The first-order valence-electron chi connectivity index (χ1n) is 7.29. The van der Waals surface area contributed by atoms with Gasteiger partial charge in [-0.2, -0.15) is 0 Å². The van der Waals surface area contributed by atoms with Crippen molar-refractivity contribution >= 4 is 15.7 Å². The topological polar surface area (TPSA) is 64.6 Å². The van der Waals surface area contributed by atoms with Gasteiger partial charge in [0.2, 0.25) is 6.79 Å². The fourth-order valence-electron chi connectivity index (χ4n) is 2.31. The van der Waals surface area contributed by atoms with Crippen LogP contribution < -0.4 is 14.2 Å². The predicted molar refractivity (Wildman–Crippen MR) is 88.5 cm³/mol. The minimum absolute atomic E-state index is 0.0208. The maximum atomic E-state index is 12.5. The monoisotopic (exact) mass is 333 g/mol. The Morgan fingerprint density at radius 1 is 0.957 bits per heavy atom. The molecule has 0 aliphatic carbocycles. The van der Waals surface area contributed by atoms with E-state index in [0.29, 0.717) is 17.2 Å². The maximum absolute atomic E-state index is 12.5. The molecule has 0 saturated heterocycles. The van der Waals surface area contributed by atoms with E-state index in [0.717, 1.165) is 5.56 Å². The molecule has 0 saturated carbocycles. The molecule has 1 heterocycles. The molecule has 0 fully saturated rings. The third kappa shape index (κ3) is 3.27. The summed E-state index contributed by atoms with van der Waals surface area (Å²) in [6.45, 7) is 6.41. The Labute approximate surface area is 136 Å². The summed E-state index contributed by atoms with van der Waals surface area (Å²) in [5, 5.41) is 0. The second-order valence-electron chi connectivity index (χ2n) is 6.45. The third-order valence-corrected chi connectivity index (χ3v) is 5.05. The number of anilines is 1. The largest absolute Gasteiger partial charge is 0.454 e. The number of hydrogen-bond donors (Lipinski definition) is 1. The van der Waals surface area contributed by atoms with Crippen molar-refractivity contribution in [1.82, 2.24) is 0 Å². The number of fused-ring (bicyclic) bond motifs is 1. The first-order valence-corrected chi connectivity index (χ1v) is 8.77. The zero-order valence-electron chi connectivity index (χ0n) is 13.3. The molecular weight excluding hydrogens is 314 g/mol. The van der Waals surface area contributed by atoms with Gasteiger partial charge >= 0.3 is 0 Å². The molecule has 0 spiro atoms. The summed E-state index contributed by atoms with van der Waals surface area (Å²) in [6, 6.07) is 11.9. The van der Waals surface area contributed by atoms with Gasteiger partial charge < -0.3 is 9.47 Å². The Bertz CT molecular complexity index is 821. The highest BCUT2D eigenvalue weighted by molar-refractivity contribution is 7.92. The molecule has 3 rings (SSSR count). The van der Waals surface area contributed by atoms with E-state index in [1.165, 1.54) is 0 Å². The van der Waals surface area contributed by atoms with Crippen LogP contribution in [-0.4, -0.2) is 15.2 Å². The van der Waals surface area contributed by atoms with Gasteiger partial charge in [0, 0.05) is 6.07 Å². The van der Waals surface area contributed by atoms with Crippen molar-refractivity contribution in [3.63, 3.8) is 0 Å². The lowest BCUT2D eigenvalue weighted by molar-refractivity contribution is 0.174. The third-order valence-electron chi connectivity index (χ3n) is 3.66. The van der Waals surface area contributed by atoms with Crippen LogP contribution in [0.5, 0.6) is 11.5 Å². The number of benzene rings is 2. The average Bonchev–Trinajstić information content (AvgIpc) is 2.93. The average molecular weight is 333 g/mol. The van der Waals surface area contributed by atoms with E-state index in [9.17, 15) is 8.42 Å². The lowest BCUT2D eigenvalue weighted by Gasteiger charge is -2.19. The Morgan fingerprint density at radius 3 is 2.26 bits per heavy atom. The van der Waals surface area contributed by atoms with Crippen LogP contribution in [0, 0.1) is 0 Å². The van der Waals surface area contributed by atoms with Crippen LogP contribution in [0.3, 0.4) is 0 Å². The molecule has 0 aromatic heterocycles. The van der Waals surface area contributed by atoms with Crippen LogP contribution in [-0.2, 0) is 15.4 Å². The molecular formula is C17H19NO4S. The summed E-state index contributed by atoms with van der Waals surface area (Å²) in [4.78, 5) is 0.225.